The lowest BCUT2D eigenvalue weighted by Gasteiger charge is -2.32. The molecular weight excluding hydrogens is 610 g/mol. The van der Waals surface area contributed by atoms with Crippen LogP contribution in [-0.2, 0) is 22.8 Å². The highest BCUT2D eigenvalue weighted by Crippen LogP contribution is 2.32. The van der Waals surface area contributed by atoms with Crippen LogP contribution in [0.5, 0.6) is 0 Å². The summed E-state index contributed by atoms with van der Waals surface area (Å²) in [6.07, 6.45) is 7.18. The minimum Gasteiger partial charge on any atom is -0.360 e. The molecule has 1 atom stereocenters. The third kappa shape index (κ3) is 9.26. The third-order valence-corrected chi connectivity index (χ3v) is 10.8. The van der Waals surface area contributed by atoms with Gasteiger partial charge in [0.25, 0.3) is 5.91 Å². The molecule has 0 unspecified atom stereocenters. The lowest BCUT2D eigenvalue weighted by molar-refractivity contribution is -0.119. The van der Waals surface area contributed by atoms with Crippen molar-refractivity contribution >= 4 is 37.5 Å². The van der Waals surface area contributed by atoms with Crippen LogP contribution in [0, 0.1) is 31.6 Å². The first-order chi connectivity index (χ1) is 21.4. The summed E-state index contributed by atoms with van der Waals surface area (Å²) in [6.45, 7) is 14.4. The molecule has 45 heavy (non-hydrogen) atoms. The minimum atomic E-state index is -1.21. The summed E-state index contributed by atoms with van der Waals surface area (Å²) in [5.41, 5.74) is 2.83. The number of anilines is 1. The number of carbonyl (C=O) groups excluding carboxylic acids is 2. The van der Waals surface area contributed by atoms with Crippen molar-refractivity contribution < 1.29 is 18.7 Å². The number of hydrogen-bond donors (Lipinski definition) is 2. The van der Waals surface area contributed by atoms with Gasteiger partial charge in [0, 0.05) is 43.5 Å². The molecule has 2 N–H and O–H groups in total. The fourth-order valence-electron chi connectivity index (χ4n) is 5.75. The van der Waals surface area contributed by atoms with E-state index in [2.05, 4.69) is 52.4 Å². The van der Waals surface area contributed by atoms with Gasteiger partial charge in [-0.1, -0.05) is 39.4 Å². The van der Waals surface area contributed by atoms with Crippen molar-refractivity contribution in [1.82, 2.24) is 29.9 Å². The van der Waals surface area contributed by atoms with Crippen molar-refractivity contribution in [3.63, 3.8) is 0 Å². The number of thioether (sulfide) groups is 1. The van der Waals surface area contributed by atoms with E-state index in [0.717, 1.165) is 43.2 Å². The zero-order chi connectivity index (χ0) is 32.7. The largest absolute Gasteiger partial charge is 0.360 e. The molecule has 0 aromatic carbocycles. The fourth-order valence-corrected chi connectivity index (χ4v) is 6.86. The van der Waals surface area contributed by atoms with E-state index in [9.17, 15) is 9.59 Å². The Morgan fingerprint density at radius 2 is 1.87 bits per heavy atom. The molecule has 0 spiro atoms. The van der Waals surface area contributed by atoms with Crippen LogP contribution in [0.2, 0.25) is 25.7 Å². The Kier molecular flexibility index (Phi) is 12.0. The Bertz CT molecular complexity index is 1460. The Morgan fingerprint density at radius 3 is 2.53 bits per heavy atom. The predicted molar refractivity (Wildman–Crippen MR) is 181 cm³/mol. The van der Waals surface area contributed by atoms with Gasteiger partial charge < -0.3 is 15.4 Å². The van der Waals surface area contributed by atoms with Crippen LogP contribution >= 0.6 is 11.8 Å². The van der Waals surface area contributed by atoms with Crippen LogP contribution in [0.25, 0.3) is 11.1 Å². The number of carbonyl (C=O) groups is 2. The number of nitrogens with zero attached hydrogens (tertiary/aromatic N) is 5. The molecule has 0 aliphatic heterocycles. The number of nitrogens with one attached hydrogen (secondary N) is 2. The molecule has 1 aliphatic rings. The second-order valence-corrected chi connectivity index (χ2v) is 19.9. The Labute approximate surface area is 271 Å². The molecule has 1 aliphatic carbocycles. The summed E-state index contributed by atoms with van der Waals surface area (Å²) in [5, 5.41) is 14.6. The van der Waals surface area contributed by atoms with Crippen molar-refractivity contribution in [2.24, 2.45) is 11.8 Å². The van der Waals surface area contributed by atoms with E-state index in [4.69, 9.17) is 4.74 Å². The Hall–Kier alpha value is -3.03. The van der Waals surface area contributed by atoms with Crippen molar-refractivity contribution in [3.8, 4) is 11.1 Å². The third-order valence-electron chi connectivity index (χ3n) is 8.52. The molecule has 13 heteroatoms. The van der Waals surface area contributed by atoms with Crippen LogP contribution in [0.15, 0.2) is 24.4 Å². The number of aryl methyl sites for hydroxylation is 2. The summed E-state index contributed by atoms with van der Waals surface area (Å²) >= 11 is 1.67. The zero-order valence-corrected chi connectivity index (χ0v) is 29.5. The topological polar surface area (TPSA) is 116 Å². The highest BCUT2D eigenvalue weighted by molar-refractivity contribution is 7.98. The first kappa shape index (κ1) is 34.8. The van der Waals surface area contributed by atoms with Crippen LogP contribution in [0.4, 0.5) is 10.2 Å². The lowest BCUT2D eigenvalue weighted by atomic mass is 9.79. The second-order valence-electron chi connectivity index (χ2n) is 13.3. The average Bonchev–Trinajstić information content (AvgIpc) is 3.56. The van der Waals surface area contributed by atoms with Crippen LogP contribution in [-0.4, -0.2) is 69.1 Å². The van der Waals surface area contributed by atoms with Crippen molar-refractivity contribution in [2.75, 3.05) is 23.9 Å². The zero-order valence-electron chi connectivity index (χ0n) is 27.7. The quantitative estimate of drug-likeness (QED) is 0.122. The van der Waals surface area contributed by atoms with E-state index in [1.807, 2.05) is 20.1 Å². The van der Waals surface area contributed by atoms with Crippen molar-refractivity contribution in [1.29, 1.82) is 0 Å². The number of hydrogen-bond acceptors (Lipinski definition) is 7. The molecule has 10 nitrogen and oxygen atoms in total. The first-order valence-electron chi connectivity index (χ1n) is 15.8. The second kappa shape index (κ2) is 15.5. The van der Waals surface area contributed by atoms with E-state index >= 15 is 4.39 Å². The normalized spacial score (nSPS) is 17.7. The number of ether oxygens (including phenoxy) is 1. The van der Waals surface area contributed by atoms with Crippen LogP contribution in [0.3, 0.4) is 0 Å². The molecule has 1 saturated carbocycles. The molecule has 0 bridgehead atoms. The van der Waals surface area contributed by atoms with Gasteiger partial charge in [-0.25, -0.2) is 9.67 Å². The molecule has 4 rings (SSSR count). The fraction of sp³-hybridized carbons (Fsp3) is 0.594. The van der Waals surface area contributed by atoms with Gasteiger partial charge in [0.05, 0.1) is 12.2 Å². The smallest absolute Gasteiger partial charge is 0.270 e. The summed E-state index contributed by atoms with van der Waals surface area (Å²) in [4.78, 5) is 31.2. The average molecular weight is 658 g/mol. The van der Waals surface area contributed by atoms with Gasteiger partial charge in [-0.15, -0.1) is 0 Å². The number of amides is 2. The van der Waals surface area contributed by atoms with E-state index < -0.39 is 26.0 Å². The maximum atomic E-state index is 15.5. The number of pyridine rings is 1. The van der Waals surface area contributed by atoms with E-state index in [1.165, 1.54) is 0 Å². The summed E-state index contributed by atoms with van der Waals surface area (Å²) in [6, 6.07) is 5.14. The number of halogens is 1. The van der Waals surface area contributed by atoms with Gasteiger partial charge in [0.1, 0.15) is 24.3 Å². The van der Waals surface area contributed by atoms with Crippen LogP contribution in [0.1, 0.15) is 54.5 Å². The predicted octanol–water partition coefficient (Wildman–Crippen LogP) is 6.14. The Morgan fingerprint density at radius 1 is 1.13 bits per heavy atom. The molecule has 1 fully saturated rings. The van der Waals surface area contributed by atoms with E-state index in [-0.39, 0.29) is 17.6 Å². The molecule has 2 amide bonds. The first-order valence-corrected chi connectivity index (χ1v) is 20.9. The summed E-state index contributed by atoms with van der Waals surface area (Å²) in [7, 11) is -1.21. The number of aromatic nitrogens is 5. The van der Waals surface area contributed by atoms with Gasteiger partial charge in [-0.05, 0) is 69.0 Å². The summed E-state index contributed by atoms with van der Waals surface area (Å²) < 4.78 is 24.8. The molecule has 0 saturated heterocycles. The molecular formula is C32H48FN7O3SSi. The van der Waals surface area contributed by atoms with Crippen molar-refractivity contribution in [2.45, 2.75) is 91.5 Å². The van der Waals surface area contributed by atoms with E-state index in [0.29, 0.717) is 48.3 Å². The Balaban J connectivity index is 1.49. The molecule has 3 aromatic rings. The van der Waals surface area contributed by atoms with Crippen LogP contribution < -0.4 is 10.6 Å². The van der Waals surface area contributed by atoms with Gasteiger partial charge in [0.15, 0.2) is 0 Å². The van der Waals surface area contributed by atoms with Gasteiger partial charge in [0.2, 0.25) is 11.9 Å². The number of rotatable bonds is 14. The van der Waals surface area contributed by atoms with Gasteiger partial charge in [-0.2, -0.15) is 26.3 Å². The highest BCUT2D eigenvalue weighted by Gasteiger charge is 2.33. The van der Waals surface area contributed by atoms with Gasteiger partial charge in [-0.3, -0.25) is 14.3 Å². The molecule has 246 valence electrons. The molecule has 3 heterocycles. The molecule has 3 aromatic heterocycles. The summed E-state index contributed by atoms with van der Waals surface area (Å²) in [5.74, 6) is -0.0325. The van der Waals surface area contributed by atoms with Crippen molar-refractivity contribution in [3.05, 3.63) is 47.4 Å². The van der Waals surface area contributed by atoms with E-state index in [1.54, 1.807) is 45.5 Å². The standard InChI is InChI=1S/C32H48FN7O3SSi/c1-21-8-10-24(11-9-21)29(37-31(41)26-14-15-34-39(26)16-18-44-4)32(42)36-27-13-12-25(30(33)35-27)28-22(2)38-40(23(28)3)20-43-17-19-45(5,6)7/h12-15,21,24,29H,8-11,16-20H2,1-7H3,(H,37,41)(H,35,36,42)/t21?,24?,29-/m0/s1. The maximum Gasteiger partial charge on any atom is 0.270 e. The monoisotopic (exact) mass is 657 g/mol. The highest BCUT2D eigenvalue weighted by atomic mass is 32.2. The SMILES string of the molecule is CSCCn1nccc1C(=O)N[C@H](C(=O)Nc1ccc(-c2c(C)nn(COCC[Si](C)(C)C)c2C)c(F)n1)C1CCC(C)CC1. The van der Waals surface area contributed by atoms with Gasteiger partial charge >= 0.3 is 0 Å². The maximum absolute atomic E-state index is 15.5. The molecule has 0 radical (unpaired) electrons. The lowest BCUT2D eigenvalue weighted by Crippen LogP contribution is -2.49. The minimum absolute atomic E-state index is 0.0408.